The van der Waals surface area contributed by atoms with E-state index in [1.165, 1.54) is 34.1 Å². The molecule has 42 heavy (non-hydrogen) atoms. The molecule has 7 heteroatoms. The zero-order chi connectivity index (χ0) is 29.6. The molecule has 1 aliphatic rings. The van der Waals surface area contributed by atoms with Gasteiger partial charge in [0.15, 0.2) is 0 Å². The Morgan fingerprint density at radius 3 is 1.62 bits per heavy atom. The summed E-state index contributed by atoms with van der Waals surface area (Å²) >= 11 is 12.3. The van der Waals surface area contributed by atoms with Gasteiger partial charge in [-0.3, -0.25) is 0 Å². The molecule has 0 amide bonds. The molecular weight excluding hydrogens is 595 g/mol. The minimum atomic E-state index is -4.71. The molecular formula is C35H28Cl2F3OP. The number of rotatable bonds is 6. The fourth-order valence-electron chi connectivity index (χ4n) is 6.40. The van der Waals surface area contributed by atoms with Crippen LogP contribution in [-0.2, 0) is 18.2 Å². The summed E-state index contributed by atoms with van der Waals surface area (Å²) in [5.74, 6) is 0.211. The predicted molar refractivity (Wildman–Crippen MR) is 170 cm³/mol. The molecule has 0 N–H and O–H groups in total. The minimum absolute atomic E-state index is 0.113. The van der Waals surface area contributed by atoms with Crippen molar-refractivity contribution in [3.63, 3.8) is 0 Å². The molecule has 5 aromatic rings. The zero-order valence-corrected chi connectivity index (χ0v) is 25.2. The number of hydrogen-bond acceptors (Lipinski definition) is 1. The van der Waals surface area contributed by atoms with E-state index in [-0.39, 0.29) is 27.8 Å². The third-order valence-corrected chi connectivity index (χ3v) is 15.3. The van der Waals surface area contributed by atoms with E-state index in [1.54, 1.807) is 6.07 Å². The van der Waals surface area contributed by atoms with Crippen molar-refractivity contribution < 1.29 is 17.9 Å². The van der Waals surface area contributed by atoms with Crippen molar-refractivity contribution >= 4 is 45.7 Å². The second-order valence-electron chi connectivity index (χ2n) is 11.2. The van der Waals surface area contributed by atoms with Crippen LogP contribution in [0.4, 0.5) is 13.2 Å². The first-order valence-corrected chi connectivity index (χ1v) is 17.2. The Morgan fingerprint density at radius 2 is 1.17 bits per heavy atom. The molecule has 0 spiro atoms. The second kappa shape index (κ2) is 10.5. The summed E-state index contributed by atoms with van der Waals surface area (Å²) in [4.78, 5) is 0. The van der Waals surface area contributed by atoms with E-state index in [2.05, 4.69) is 79.5 Å². The summed E-state index contributed by atoms with van der Waals surface area (Å²) in [5, 5.41) is 3.86. The fourth-order valence-corrected chi connectivity index (χ4v) is 12.4. The first-order valence-electron chi connectivity index (χ1n) is 13.6. The van der Waals surface area contributed by atoms with Gasteiger partial charge < -0.3 is 0 Å². The van der Waals surface area contributed by atoms with Gasteiger partial charge in [0.05, 0.1) is 0 Å². The first-order chi connectivity index (χ1) is 20.0. The Morgan fingerprint density at radius 1 is 0.690 bits per heavy atom. The van der Waals surface area contributed by atoms with Gasteiger partial charge in [-0.15, -0.1) is 0 Å². The van der Waals surface area contributed by atoms with E-state index in [0.29, 0.717) is 11.7 Å². The maximum absolute atomic E-state index is 14.8. The maximum atomic E-state index is 14.8. The van der Waals surface area contributed by atoms with Crippen molar-refractivity contribution in [2.75, 3.05) is 6.66 Å². The number of fused-ring (bicyclic) bond motifs is 1. The Kier molecular flexibility index (Phi) is 7.17. The van der Waals surface area contributed by atoms with Crippen molar-refractivity contribution in [3.05, 3.63) is 154 Å². The molecule has 1 heterocycles. The fraction of sp³-hybridized carbons (Fsp3) is 0.143. The van der Waals surface area contributed by atoms with Crippen molar-refractivity contribution in [2.45, 2.75) is 24.4 Å². The molecule has 0 fully saturated rings. The van der Waals surface area contributed by atoms with Crippen molar-refractivity contribution in [1.82, 2.24) is 0 Å². The molecule has 0 saturated carbocycles. The molecule has 0 aromatic heterocycles. The molecule has 0 aliphatic carbocycles. The van der Waals surface area contributed by atoms with Crippen LogP contribution >= 0.6 is 29.8 Å². The average Bonchev–Trinajstić information content (AvgIpc) is 3.39. The van der Waals surface area contributed by atoms with Crippen LogP contribution in [0.1, 0.15) is 16.7 Å². The number of alkyl halides is 3. The van der Waals surface area contributed by atoms with Crippen LogP contribution in [0.15, 0.2) is 127 Å². The summed E-state index contributed by atoms with van der Waals surface area (Å²) in [6.45, 7) is -0.820. The second-order valence-corrected chi connectivity index (χ2v) is 17.5. The summed E-state index contributed by atoms with van der Waals surface area (Å²) in [5.41, 5.74) is -1.26. The van der Waals surface area contributed by atoms with Crippen molar-refractivity contribution in [3.8, 4) is 5.75 Å². The van der Waals surface area contributed by atoms with Gasteiger partial charge in [0.2, 0.25) is 0 Å². The first kappa shape index (κ1) is 28.8. The SMILES string of the molecule is CP(Cc1ccc2c(c1)CC(c1cc(Cl)cc(Cl)c1)(C(F)(F)F)O2)(c1ccccc1)(c1ccccc1)c1ccccc1. The average molecular weight is 623 g/mol. The molecule has 5 aromatic carbocycles. The van der Waals surface area contributed by atoms with E-state index in [4.69, 9.17) is 27.9 Å². The molecule has 214 valence electrons. The monoisotopic (exact) mass is 622 g/mol. The van der Waals surface area contributed by atoms with Gasteiger partial charge in [-0.05, 0) is 0 Å². The molecule has 0 bridgehead atoms. The molecule has 1 nitrogen and oxygen atoms in total. The molecule has 0 radical (unpaired) electrons. The van der Waals surface area contributed by atoms with Gasteiger partial charge in [-0.25, -0.2) is 0 Å². The van der Waals surface area contributed by atoms with Gasteiger partial charge >= 0.3 is 255 Å². The Labute approximate surface area is 253 Å². The van der Waals surface area contributed by atoms with Crippen LogP contribution in [0, 0.1) is 0 Å². The summed E-state index contributed by atoms with van der Waals surface area (Å²) in [6, 6.07) is 40.8. The van der Waals surface area contributed by atoms with Gasteiger partial charge in [0.1, 0.15) is 0 Å². The summed E-state index contributed by atoms with van der Waals surface area (Å²) < 4.78 is 50.3. The Hall–Kier alpha value is -3.30. The third-order valence-electron chi connectivity index (χ3n) is 8.58. The van der Waals surface area contributed by atoms with Crippen molar-refractivity contribution in [2.24, 2.45) is 0 Å². The predicted octanol–water partition coefficient (Wildman–Crippen LogP) is 9.05. The molecule has 1 unspecified atom stereocenters. The molecule has 0 saturated heterocycles. The van der Waals surface area contributed by atoms with Crippen LogP contribution in [0.5, 0.6) is 5.75 Å². The van der Waals surface area contributed by atoms with Gasteiger partial charge in [0, 0.05) is 0 Å². The van der Waals surface area contributed by atoms with Gasteiger partial charge in [-0.2, -0.15) is 0 Å². The number of halogens is 5. The molecule has 1 aliphatic heterocycles. The van der Waals surface area contributed by atoms with Crippen LogP contribution in [0.3, 0.4) is 0 Å². The van der Waals surface area contributed by atoms with E-state index < -0.39 is 18.4 Å². The van der Waals surface area contributed by atoms with E-state index in [9.17, 15) is 13.2 Å². The van der Waals surface area contributed by atoms with E-state index in [1.807, 2.05) is 30.3 Å². The Bertz CT molecular complexity index is 1620. The summed E-state index contributed by atoms with van der Waals surface area (Å²) in [6.07, 6.45) is -4.46. The van der Waals surface area contributed by atoms with Gasteiger partial charge in [0.25, 0.3) is 0 Å². The van der Waals surface area contributed by atoms with Crippen LogP contribution in [0.25, 0.3) is 0 Å². The van der Waals surface area contributed by atoms with Crippen LogP contribution < -0.4 is 20.7 Å². The molecule has 1 atom stereocenters. The number of hydrogen-bond donors (Lipinski definition) is 0. The normalized spacial score (nSPS) is 17.6. The number of ether oxygens (including phenoxy) is 1. The standard InChI is InChI=1S/C35H28Cl2F3OP/c1-42(30-11-5-2-6-12-30,31-13-7-3-8-14-31,32-15-9-4-10-16-32)24-25-17-18-33-26(19-25)23-34(41-33,35(38,39)40)27-20-28(36)22-29(37)21-27/h2-22H,23-24H2,1H3. The quantitative estimate of drug-likeness (QED) is 0.172. The zero-order valence-electron chi connectivity index (χ0n) is 22.8. The number of benzene rings is 5. The third kappa shape index (κ3) is 4.61. The van der Waals surface area contributed by atoms with Crippen LogP contribution in [0.2, 0.25) is 10.0 Å². The Balaban J connectivity index is 1.52. The topological polar surface area (TPSA) is 9.23 Å². The van der Waals surface area contributed by atoms with Crippen molar-refractivity contribution in [1.29, 1.82) is 0 Å². The van der Waals surface area contributed by atoms with E-state index in [0.717, 1.165) is 5.56 Å². The van der Waals surface area contributed by atoms with E-state index >= 15 is 0 Å². The molecule has 6 rings (SSSR count). The van der Waals surface area contributed by atoms with Gasteiger partial charge in [-0.1, -0.05) is 0 Å². The summed E-state index contributed by atoms with van der Waals surface area (Å²) in [7, 11) is 0. The van der Waals surface area contributed by atoms with Crippen LogP contribution in [-0.4, -0.2) is 12.8 Å².